The zero-order valence-corrected chi connectivity index (χ0v) is 11.4. The molecule has 0 atom stereocenters. The number of hydrogen-bond donors (Lipinski definition) is 1. The average Bonchev–Trinajstić information content (AvgIpc) is 2.48. The minimum absolute atomic E-state index is 0.0677. The van der Waals surface area contributed by atoms with E-state index < -0.39 is 0 Å². The molecule has 5 nitrogen and oxygen atoms in total. The Kier molecular flexibility index (Phi) is 4.20. The zero-order chi connectivity index (χ0) is 14.5. The first-order chi connectivity index (χ1) is 9.63. The predicted octanol–water partition coefficient (Wildman–Crippen LogP) is 2.11. The molecular formula is C15H16N2O3. The number of Topliss-reactive ketones (excluding diaryl/α,β-unsaturated/α-hetero) is 1. The molecule has 1 heterocycles. The molecule has 2 aromatic rings. The Morgan fingerprint density at radius 1 is 1.20 bits per heavy atom. The van der Waals surface area contributed by atoms with Gasteiger partial charge < -0.3 is 15.2 Å². The lowest BCUT2D eigenvalue weighted by atomic mass is 10.0. The predicted molar refractivity (Wildman–Crippen MR) is 76.2 cm³/mol. The lowest BCUT2D eigenvalue weighted by molar-refractivity contribution is 0.0992. The second-order valence-corrected chi connectivity index (χ2v) is 4.25. The van der Waals surface area contributed by atoms with Gasteiger partial charge in [-0.3, -0.25) is 4.79 Å². The van der Waals surface area contributed by atoms with Gasteiger partial charge in [0.25, 0.3) is 0 Å². The fourth-order valence-electron chi connectivity index (χ4n) is 1.84. The number of aromatic nitrogens is 1. The number of rotatable bonds is 5. The molecular weight excluding hydrogens is 256 g/mol. The molecule has 2 N–H and O–H groups in total. The highest BCUT2D eigenvalue weighted by Crippen LogP contribution is 2.24. The molecule has 0 saturated heterocycles. The molecule has 0 spiro atoms. The van der Waals surface area contributed by atoms with Gasteiger partial charge in [-0.1, -0.05) is 6.07 Å². The molecule has 104 valence electrons. The van der Waals surface area contributed by atoms with Crippen LogP contribution in [-0.4, -0.2) is 25.0 Å². The summed E-state index contributed by atoms with van der Waals surface area (Å²) < 4.78 is 10.3. The van der Waals surface area contributed by atoms with Crippen LogP contribution < -0.4 is 15.2 Å². The van der Waals surface area contributed by atoms with Gasteiger partial charge in [0.2, 0.25) is 0 Å². The molecule has 0 radical (unpaired) electrons. The number of methoxy groups -OCH3 is 2. The summed E-state index contributed by atoms with van der Waals surface area (Å²) >= 11 is 0. The molecule has 5 heteroatoms. The Morgan fingerprint density at radius 2 is 1.85 bits per heavy atom. The van der Waals surface area contributed by atoms with Gasteiger partial charge in [-0.2, -0.15) is 0 Å². The van der Waals surface area contributed by atoms with Crippen LogP contribution in [0.2, 0.25) is 0 Å². The van der Waals surface area contributed by atoms with Gasteiger partial charge in [0, 0.05) is 29.8 Å². The number of carbonyl (C=O) groups is 1. The quantitative estimate of drug-likeness (QED) is 0.844. The third-order valence-corrected chi connectivity index (χ3v) is 2.95. The maximum Gasteiger partial charge on any atom is 0.167 e. The third-order valence-electron chi connectivity index (χ3n) is 2.95. The van der Waals surface area contributed by atoms with Crippen molar-refractivity contribution < 1.29 is 14.3 Å². The third kappa shape index (κ3) is 3.06. The van der Waals surface area contributed by atoms with Gasteiger partial charge in [0.1, 0.15) is 17.3 Å². The average molecular weight is 272 g/mol. The Labute approximate surface area is 117 Å². The van der Waals surface area contributed by atoms with Crippen LogP contribution in [0.3, 0.4) is 0 Å². The number of ketones is 1. The number of hydrogen-bond acceptors (Lipinski definition) is 5. The smallest absolute Gasteiger partial charge is 0.167 e. The van der Waals surface area contributed by atoms with Crippen molar-refractivity contribution in [3.63, 3.8) is 0 Å². The van der Waals surface area contributed by atoms with Crippen molar-refractivity contribution in [3.8, 4) is 11.5 Å². The molecule has 0 aliphatic heterocycles. The monoisotopic (exact) mass is 272 g/mol. The normalized spacial score (nSPS) is 10.1. The summed E-state index contributed by atoms with van der Waals surface area (Å²) in [5.74, 6) is 1.45. The van der Waals surface area contributed by atoms with E-state index in [-0.39, 0.29) is 12.2 Å². The van der Waals surface area contributed by atoms with Crippen molar-refractivity contribution in [2.24, 2.45) is 0 Å². The number of nitrogens with zero attached hydrogens (tertiary/aromatic N) is 1. The first-order valence-corrected chi connectivity index (χ1v) is 6.09. The first-order valence-electron chi connectivity index (χ1n) is 6.09. The fourth-order valence-corrected chi connectivity index (χ4v) is 1.84. The van der Waals surface area contributed by atoms with Crippen LogP contribution in [0.5, 0.6) is 11.5 Å². The van der Waals surface area contributed by atoms with Crippen molar-refractivity contribution in [2.75, 3.05) is 20.0 Å². The number of nitrogens with two attached hydrogens (primary N) is 1. The lowest BCUT2D eigenvalue weighted by Crippen LogP contribution is -2.07. The van der Waals surface area contributed by atoms with E-state index >= 15 is 0 Å². The minimum atomic E-state index is -0.0677. The standard InChI is InChI=1S/C15H16N2O3/c1-19-12-6-11(7-13(9-12)20-2)14(18)8-10-4-3-5-17-15(10)16/h3-7,9H,8H2,1-2H3,(H2,16,17). The van der Waals surface area contributed by atoms with E-state index in [2.05, 4.69) is 4.98 Å². The van der Waals surface area contributed by atoms with Crippen LogP contribution in [-0.2, 0) is 6.42 Å². The Hall–Kier alpha value is -2.56. The summed E-state index contributed by atoms with van der Waals surface area (Å²) in [5.41, 5.74) is 6.97. The van der Waals surface area contributed by atoms with Crippen LogP contribution >= 0.6 is 0 Å². The molecule has 0 bridgehead atoms. The summed E-state index contributed by atoms with van der Waals surface area (Å²) in [6, 6.07) is 8.62. The zero-order valence-electron chi connectivity index (χ0n) is 11.4. The van der Waals surface area contributed by atoms with Crippen molar-refractivity contribution in [1.29, 1.82) is 0 Å². The summed E-state index contributed by atoms with van der Waals surface area (Å²) in [4.78, 5) is 16.3. The van der Waals surface area contributed by atoms with Crippen molar-refractivity contribution in [1.82, 2.24) is 4.98 Å². The van der Waals surface area contributed by atoms with Crippen LogP contribution in [0.25, 0.3) is 0 Å². The van der Waals surface area contributed by atoms with E-state index in [1.165, 1.54) is 0 Å². The molecule has 2 rings (SSSR count). The Morgan fingerprint density at radius 3 is 2.40 bits per heavy atom. The molecule has 20 heavy (non-hydrogen) atoms. The van der Waals surface area contributed by atoms with E-state index in [1.807, 2.05) is 0 Å². The second-order valence-electron chi connectivity index (χ2n) is 4.25. The fraction of sp³-hybridized carbons (Fsp3) is 0.200. The van der Waals surface area contributed by atoms with E-state index in [1.54, 1.807) is 50.7 Å². The molecule has 0 fully saturated rings. The highest BCUT2D eigenvalue weighted by Gasteiger charge is 2.12. The number of carbonyl (C=O) groups excluding carboxylic acids is 1. The molecule has 1 aromatic carbocycles. The lowest BCUT2D eigenvalue weighted by Gasteiger charge is -2.08. The highest BCUT2D eigenvalue weighted by molar-refractivity contribution is 5.98. The number of ether oxygens (including phenoxy) is 2. The Bertz CT molecular complexity index is 604. The topological polar surface area (TPSA) is 74.4 Å². The number of nitrogen functional groups attached to an aromatic ring is 1. The van der Waals surface area contributed by atoms with Gasteiger partial charge >= 0.3 is 0 Å². The number of pyridine rings is 1. The summed E-state index contributed by atoms with van der Waals surface area (Å²) in [7, 11) is 3.09. The van der Waals surface area contributed by atoms with E-state index in [9.17, 15) is 4.79 Å². The van der Waals surface area contributed by atoms with Crippen LogP contribution in [0.4, 0.5) is 5.82 Å². The molecule has 0 amide bonds. The van der Waals surface area contributed by atoms with Crippen LogP contribution in [0.15, 0.2) is 36.5 Å². The minimum Gasteiger partial charge on any atom is -0.497 e. The van der Waals surface area contributed by atoms with E-state index in [0.717, 1.165) is 0 Å². The van der Waals surface area contributed by atoms with E-state index in [0.29, 0.717) is 28.4 Å². The maximum absolute atomic E-state index is 12.3. The first kappa shape index (κ1) is 13.9. The van der Waals surface area contributed by atoms with Gasteiger partial charge in [-0.25, -0.2) is 4.98 Å². The second kappa shape index (κ2) is 6.06. The van der Waals surface area contributed by atoms with Gasteiger partial charge in [0.05, 0.1) is 14.2 Å². The van der Waals surface area contributed by atoms with Gasteiger partial charge in [-0.05, 0) is 18.2 Å². The van der Waals surface area contributed by atoms with Gasteiger partial charge in [-0.15, -0.1) is 0 Å². The van der Waals surface area contributed by atoms with Crippen molar-refractivity contribution in [2.45, 2.75) is 6.42 Å². The molecule has 0 aliphatic carbocycles. The Balaban J connectivity index is 2.27. The van der Waals surface area contributed by atoms with Crippen molar-refractivity contribution >= 4 is 11.6 Å². The van der Waals surface area contributed by atoms with Crippen LogP contribution in [0, 0.1) is 0 Å². The summed E-state index contributed by atoms with van der Waals surface area (Å²) in [5, 5.41) is 0. The summed E-state index contributed by atoms with van der Waals surface area (Å²) in [6.45, 7) is 0. The SMILES string of the molecule is COc1cc(OC)cc(C(=O)Cc2cccnc2N)c1. The van der Waals surface area contributed by atoms with Gasteiger partial charge in [0.15, 0.2) is 5.78 Å². The largest absolute Gasteiger partial charge is 0.497 e. The molecule has 0 saturated carbocycles. The number of anilines is 1. The van der Waals surface area contributed by atoms with Crippen LogP contribution in [0.1, 0.15) is 15.9 Å². The molecule has 0 aliphatic rings. The van der Waals surface area contributed by atoms with Crippen molar-refractivity contribution in [3.05, 3.63) is 47.7 Å². The molecule has 0 unspecified atom stereocenters. The highest BCUT2D eigenvalue weighted by atomic mass is 16.5. The summed E-state index contributed by atoms with van der Waals surface area (Å²) in [6.07, 6.45) is 1.79. The van der Waals surface area contributed by atoms with E-state index in [4.69, 9.17) is 15.2 Å². The maximum atomic E-state index is 12.3. The number of benzene rings is 1. The molecule has 1 aromatic heterocycles.